The molecular weight excluding hydrogens is 343 g/mol. The van der Waals surface area contributed by atoms with Gasteiger partial charge in [-0.15, -0.1) is 0 Å². The van der Waals surface area contributed by atoms with Crippen LogP contribution in [0.25, 0.3) is 10.9 Å². The van der Waals surface area contributed by atoms with Crippen LogP contribution in [0.3, 0.4) is 0 Å². The number of carbonyl (C=O) groups excluding carboxylic acids is 1. The van der Waals surface area contributed by atoms with Crippen molar-refractivity contribution in [1.82, 2.24) is 9.88 Å². The summed E-state index contributed by atoms with van der Waals surface area (Å²) in [5, 5.41) is 9.02. The quantitative estimate of drug-likeness (QED) is 0.864. The van der Waals surface area contributed by atoms with Gasteiger partial charge in [0.1, 0.15) is 11.5 Å². The number of H-pyrrole nitrogens is 1. The van der Waals surface area contributed by atoms with Gasteiger partial charge in [0.25, 0.3) is 5.91 Å². The van der Waals surface area contributed by atoms with Crippen LogP contribution in [-0.4, -0.2) is 40.0 Å². The van der Waals surface area contributed by atoms with Crippen molar-refractivity contribution in [3.63, 3.8) is 0 Å². The number of halogens is 2. The van der Waals surface area contributed by atoms with Gasteiger partial charge >= 0.3 is 5.97 Å². The van der Waals surface area contributed by atoms with Crippen molar-refractivity contribution in [1.29, 1.82) is 0 Å². The molecule has 0 radical (unpaired) electrons. The lowest BCUT2D eigenvalue weighted by atomic mass is 10.2. The average molecular weight is 357 g/mol. The molecule has 0 aliphatic rings. The van der Waals surface area contributed by atoms with Crippen molar-refractivity contribution in [2.75, 3.05) is 13.1 Å². The Morgan fingerprint density at radius 3 is 2.71 bits per heavy atom. The molecule has 0 saturated carbocycles. The number of aromatic amines is 1. The van der Waals surface area contributed by atoms with Crippen LogP contribution < -0.4 is 0 Å². The first-order valence-electron chi connectivity index (χ1n) is 6.41. The Kier molecular flexibility index (Phi) is 4.62. The molecule has 112 valence electrons. The van der Waals surface area contributed by atoms with E-state index < -0.39 is 11.8 Å². The molecule has 0 unspecified atom stereocenters. The Hall–Kier alpha value is -1.89. The maximum Gasteiger partial charge on any atom is 0.305 e. The van der Waals surface area contributed by atoms with E-state index in [0.717, 1.165) is 0 Å². The molecule has 21 heavy (non-hydrogen) atoms. The minimum Gasteiger partial charge on any atom is -0.481 e. The fourth-order valence-corrected chi connectivity index (χ4v) is 2.51. The van der Waals surface area contributed by atoms with Gasteiger partial charge in [-0.3, -0.25) is 9.59 Å². The summed E-state index contributed by atoms with van der Waals surface area (Å²) in [5.41, 5.74) is 0.758. The second-order valence-electron chi connectivity index (χ2n) is 4.56. The van der Waals surface area contributed by atoms with E-state index in [9.17, 15) is 14.0 Å². The van der Waals surface area contributed by atoms with E-state index in [0.29, 0.717) is 21.9 Å². The predicted octanol–water partition coefficient (Wildman–Crippen LogP) is 3.01. The molecule has 2 aromatic rings. The fourth-order valence-electron chi connectivity index (χ4n) is 2.08. The number of benzene rings is 1. The molecule has 2 rings (SSSR count). The fraction of sp³-hybridized carbons (Fsp3) is 0.286. The maximum atomic E-state index is 13.8. The normalized spacial score (nSPS) is 10.8. The molecule has 0 bridgehead atoms. The van der Waals surface area contributed by atoms with Gasteiger partial charge in [-0.1, -0.05) is 15.9 Å². The van der Waals surface area contributed by atoms with E-state index in [4.69, 9.17) is 5.11 Å². The number of aliphatic carboxylic acids is 1. The number of amides is 1. The van der Waals surface area contributed by atoms with Gasteiger partial charge in [-0.25, -0.2) is 4.39 Å². The zero-order valence-corrected chi connectivity index (χ0v) is 12.9. The lowest BCUT2D eigenvalue weighted by Gasteiger charge is -2.18. The second-order valence-corrected chi connectivity index (χ2v) is 5.48. The molecule has 7 heteroatoms. The SMILES string of the molecule is CCN(CCC(=O)O)C(=O)c1cc2c(F)cc(Br)cc2[nH]1. The molecule has 0 fully saturated rings. The highest BCUT2D eigenvalue weighted by Gasteiger charge is 2.18. The van der Waals surface area contributed by atoms with Crippen LogP contribution in [0.5, 0.6) is 0 Å². The first-order chi connectivity index (χ1) is 9.92. The summed E-state index contributed by atoms with van der Waals surface area (Å²) in [5.74, 6) is -1.73. The summed E-state index contributed by atoms with van der Waals surface area (Å²) < 4.78 is 14.4. The number of fused-ring (bicyclic) bond motifs is 1. The van der Waals surface area contributed by atoms with Gasteiger partial charge in [-0.05, 0) is 25.1 Å². The highest BCUT2D eigenvalue weighted by molar-refractivity contribution is 9.10. The van der Waals surface area contributed by atoms with Crippen molar-refractivity contribution in [3.8, 4) is 0 Å². The highest BCUT2D eigenvalue weighted by atomic mass is 79.9. The van der Waals surface area contributed by atoms with Crippen molar-refractivity contribution in [2.45, 2.75) is 13.3 Å². The molecule has 1 aromatic heterocycles. The van der Waals surface area contributed by atoms with E-state index >= 15 is 0 Å². The Morgan fingerprint density at radius 1 is 1.38 bits per heavy atom. The summed E-state index contributed by atoms with van der Waals surface area (Å²) in [7, 11) is 0. The van der Waals surface area contributed by atoms with Gasteiger partial charge in [0, 0.05) is 22.9 Å². The van der Waals surface area contributed by atoms with E-state index in [1.807, 2.05) is 0 Å². The van der Waals surface area contributed by atoms with Crippen LogP contribution in [0, 0.1) is 5.82 Å². The number of nitrogens with zero attached hydrogens (tertiary/aromatic N) is 1. The highest BCUT2D eigenvalue weighted by Crippen LogP contribution is 2.24. The molecule has 1 aromatic carbocycles. The number of rotatable bonds is 5. The first kappa shape index (κ1) is 15.5. The van der Waals surface area contributed by atoms with Crippen LogP contribution in [0.2, 0.25) is 0 Å². The lowest BCUT2D eigenvalue weighted by molar-refractivity contribution is -0.137. The largest absolute Gasteiger partial charge is 0.481 e. The van der Waals surface area contributed by atoms with E-state index in [2.05, 4.69) is 20.9 Å². The van der Waals surface area contributed by atoms with Crippen LogP contribution in [0.1, 0.15) is 23.8 Å². The summed E-state index contributed by atoms with van der Waals surface area (Å²) >= 11 is 3.19. The summed E-state index contributed by atoms with van der Waals surface area (Å²) in [6, 6.07) is 4.46. The molecule has 2 N–H and O–H groups in total. The number of aromatic nitrogens is 1. The Morgan fingerprint density at radius 2 is 2.10 bits per heavy atom. The Balaban J connectivity index is 2.29. The zero-order valence-electron chi connectivity index (χ0n) is 11.3. The number of carbonyl (C=O) groups is 2. The minimum atomic E-state index is -0.965. The van der Waals surface area contributed by atoms with Crippen LogP contribution >= 0.6 is 15.9 Å². The maximum absolute atomic E-state index is 13.8. The molecule has 0 aliphatic carbocycles. The third-order valence-electron chi connectivity index (χ3n) is 3.15. The molecule has 0 aliphatic heterocycles. The number of carboxylic acid groups (broad SMARTS) is 1. The van der Waals surface area contributed by atoms with Crippen molar-refractivity contribution in [3.05, 3.63) is 34.2 Å². The molecule has 5 nitrogen and oxygen atoms in total. The number of carboxylic acids is 1. The standard InChI is InChI=1S/C14H14BrFN2O3/c1-2-18(4-3-13(19)20)14(21)12-7-9-10(16)5-8(15)6-11(9)17-12/h5-7,17H,2-4H2,1H3,(H,19,20). The summed E-state index contributed by atoms with van der Waals surface area (Å²) in [4.78, 5) is 27.2. The van der Waals surface area contributed by atoms with Crippen LogP contribution in [0.15, 0.2) is 22.7 Å². The van der Waals surface area contributed by atoms with E-state index in [-0.39, 0.29) is 24.6 Å². The monoisotopic (exact) mass is 356 g/mol. The van der Waals surface area contributed by atoms with E-state index in [1.54, 1.807) is 13.0 Å². The van der Waals surface area contributed by atoms with Crippen molar-refractivity contribution < 1.29 is 19.1 Å². The average Bonchev–Trinajstić information content (AvgIpc) is 2.83. The molecule has 1 heterocycles. The molecular formula is C14H14BrFN2O3. The minimum absolute atomic E-state index is 0.117. The van der Waals surface area contributed by atoms with Gasteiger partial charge < -0.3 is 15.0 Å². The zero-order chi connectivity index (χ0) is 15.6. The van der Waals surface area contributed by atoms with E-state index in [1.165, 1.54) is 17.0 Å². The molecule has 0 spiro atoms. The summed E-state index contributed by atoms with van der Waals surface area (Å²) in [6.45, 7) is 2.26. The van der Waals surface area contributed by atoms with Crippen molar-refractivity contribution in [2.24, 2.45) is 0 Å². The third-order valence-corrected chi connectivity index (χ3v) is 3.61. The van der Waals surface area contributed by atoms with Gasteiger partial charge in [0.2, 0.25) is 0 Å². The second kappa shape index (κ2) is 6.26. The predicted molar refractivity (Wildman–Crippen MR) is 79.8 cm³/mol. The Labute approximate surface area is 128 Å². The van der Waals surface area contributed by atoms with Crippen molar-refractivity contribution >= 4 is 38.7 Å². The number of hydrogen-bond donors (Lipinski definition) is 2. The molecule has 0 atom stereocenters. The topological polar surface area (TPSA) is 73.4 Å². The smallest absolute Gasteiger partial charge is 0.305 e. The third kappa shape index (κ3) is 3.41. The van der Waals surface area contributed by atoms with Crippen LogP contribution in [-0.2, 0) is 4.79 Å². The van der Waals surface area contributed by atoms with Gasteiger partial charge in [0.15, 0.2) is 0 Å². The van der Waals surface area contributed by atoms with Gasteiger partial charge in [0.05, 0.1) is 11.9 Å². The number of nitrogens with one attached hydrogen (secondary N) is 1. The van der Waals surface area contributed by atoms with Crippen LogP contribution in [0.4, 0.5) is 4.39 Å². The molecule has 1 amide bonds. The van der Waals surface area contributed by atoms with Gasteiger partial charge in [-0.2, -0.15) is 0 Å². The summed E-state index contributed by atoms with van der Waals surface area (Å²) in [6.07, 6.45) is -0.125. The lowest BCUT2D eigenvalue weighted by Crippen LogP contribution is -2.33. The number of hydrogen-bond acceptors (Lipinski definition) is 2. The molecule has 0 saturated heterocycles. The first-order valence-corrected chi connectivity index (χ1v) is 7.20. The Bertz CT molecular complexity index is 699.